The molecule has 1 aromatic heterocycles. The van der Waals surface area contributed by atoms with Crippen LogP contribution >= 0.6 is 0 Å². The minimum atomic E-state index is -0.269. The van der Waals surface area contributed by atoms with Crippen LogP contribution in [0.3, 0.4) is 0 Å². The second-order valence-electron chi connectivity index (χ2n) is 6.32. The molecule has 0 aliphatic heterocycles. The van der Waals surface area contributed by atoms with Gasteiger partial charge in [-0.1, -0.05) is 35.5 Å². The van der Waals surface area contributed by atoms with Gasteiger partial charge in [0.1, 0.15) is 5.75 Å². The van der Waals surface area contributed by atoms with Gasteiger partial charge in [0.25, 0.3) is 5.91 Å². The number of hydrogen-bond donors (Lipinski definition) is 1. The standard InChI is InChI=1S/C20H22N4O2/c1-14(2)26-18-11-7-8-16(12-18)15(3)21-20(25)19-13-24(23-22-19)17-9-5-4-6-10-17/h4-15H,1-3H3,(H,21,25). The molecule has 26 heavy (non-hydrogen) atoms. The summed E-state index contributed by atoms with van der Waals surface area (Å²) in [6.45, 7) is 5.88. The lowest BCUT2D eigenvalue weighted by Crippen LogP contribution is -2.27. The highest BCUT2D eigenvalue weighted by molar-refractivity contribution is 5.92. The fourth-order valence-electron chi connectivity index (χ4n) is 2.56. The van der Waals surface area contributed by atoms with Crippen molar-refractivity contribution < 1.29 is 9.53 Å². The van der Waals surface area contributed by atoms with Gasteiger partial charge >= 0.3 is 0 Å². The summed E-state index contributed by atoms with van der Waals surface area (Å²) in [5.74, 6) is 0.517. The molecule has 1 heterocycles. The van der Waals surface area contributed by atoms with Crippen LogP contribution in [0, 0.1) is 0 Å². The van der Waals surface area contributed by atoms with Gasteiger partial charge in [-0.05, 0) is 50.6 Å². The molecule has 1 N–H and O–H groups in total. The lowest BCUT2D eigenvalue weighted by molar-refractivity contribution is 0.0934. The summed E-state index contributed by atoms with van der Waals surface area (Å²) in [4.78, 5) is 12.5. The summed E-state index contributed by atoms with van der Waals surface area (Å²) in [5.41, 5.74) is 2.09. The lowest BCUT2D eigenvalue weighted by Gasteiger charge is -2.16. The molecule has 0 radical (unpaired) electrons. The maximum Gasteiger partial charge on any atom is 0.273 e. The van der Waals surface area contributed by atoms with Crippen molar-refractivity contribution in [3.63, 3.8) is 0 Å². The van der Waals surface area contributed by atoms with Gasteiger partial charge in [0.15, 0.2) is 5.69 Å². The Hall–Kier alpha value is -3.15. The number of ether oxygens (including phenoxy) is 1. The molecule has 6 nitrogen and oxygen atoms in total. The maximum absolute atomic E-state index is 12.5. The van der Waals surface area contributed by atoms with Gasteiger partial charge in [0.05, 0.1) is 24.0 Å². The lowest BCUT2D eigenvalue weighted by atomic mass is 10.1. The van der Waals surface area contributed by atoms with E-state index in [9.17, 15) is 4.79 Å². The van der Waals surface area contributed by atoms with E-state index in [2.05, 4.69) is 15.6 Å². The first-order valence-electron chi connectivity index (χ1n) is 8.58. The smallest absolute Gasteiger partial charge is 0.273 e. The summed E-state index contributed by atoms with van der Waals surface area (Å²) >= 11 is 0. The number of rotatable bonds is 6. The van der Waals surface area contributed by atoms with E-state index in [-0.39, 0.29) is 23.7 Å². The van der Waals surface area contributed by atoms with Gasteiger partial charge in [0.2, 0.25) is 0 Å². The highest BCUT2D eigenvalue weighted by Crippen LogP contribution is 2.20. The van der Waals surface area contributed by atoms with E-state index < -0.39 is 0 Å². The summed E-state index contributed by atoms with van der Waals surface area (Å²) in [7, 11) is 0. The van der Waals surface area contributed by atoms with Crippen molar-refractivity contribution in [2.45, 2.75) is 32.9 Å². The van der Waals surface area contributed by atoms with Crippen LogP contribution in [0.15, 0.2) is 60.8 Å². The van der Waals surface area contributed by atoms with Crippen LogP contribution in [0.1, 0.15) is 42.9 Å². The fourth-order valence-corrected chi connectivity index (χ4v) is 2.56. The summed E-state index contributed by atoms with van der Waals surface area (Å²) in [6.07, 6.45) is 1.72. The number of hydrogen-bond acceptors (Lipinski definition) is 4. The van der Waals surface area contributed by atoms with Crippen LogP contribution in [0.2, 0.25) is 0 Å². The van der Waals surface area contributed by atoms with Crippen LogP contribution in [0.25, 0.3) is 5.69 Å². The molecule has 0 saturated carbocycles. The quantitative estimate of drug-likeness (QED) is 0.738. The number of nitrogens with one attached hydrogen (secondary N) is 1. The second-order valence-corrected chi connectivity index (χ2v) is 6.32. The number of aromatic nitrogens is 3. The van der Waals surface area contributed by atoms with Crippen LogP contribution < -0.4 is 10.1 Å². The van der Waals surface area contributed by atoms with Gasteiger partial charge in [-0.3, -0.25) is 4.79 Å². The largest absolute Gasteiger partial charge is 0.491 e. The molecule has 1 atom stereocenters. The Morgan fingerprint density at radius 2 is 1.85 bits per heavy atom. The Kier molecular flexibility index (Phi) is 5.31. The third-order valence-electron chi connectivity index (χ3n) is 3.82. The minimum absolute atomic E-state index is 0.100. The molecular weight excluding hydrogens is 328 g/mol. The van der Waals surface area contributed by atoms with E-state index in [0.717, 1.165) is 17.0 Å². The SMILES string of the molecule is CC(C)Oc1cccc(C(C)NC(=O)c2cn(-c3ccccc3)nn2)c1. The average molecular weight is 350 g/mol. The zero-order chi connectivity index (χ0) is 18.5. The zero-order valence-electron chi connectivity index (χ0n) is 15.1. The highest BCUT2D eigenvalue weighted by atomic mass is 16.5. The molecule has 3 aromatic rings. The van der Waals surface area contributed by atoms with Gasteiger partial charge in [-0.25, -0.2) is 4.68 Å². The predicted octanol–water partition coefficient (Wildman–Crippen LogP) is 3.55. The molecule has 0 bridgehead atoms. The summed E-state index contributed by atoms with van der Waals surface area (Å²) in [6, 6.07) is 17.1. The van der Waals surface area contributed by atoms with Gasteiger partial charge in [0, 0.05) is 0 Å². The zero-order valence-corrected chi connectivity index (χ0v) is 15.1. The van der Waals surface area contributed by atoms with Crippen molar-refractivity contribution >= 4 is 5.91 Å². The summed E-state index contributed by atoms with van der Waals surface area (Å²) in [5, 5.41) is 10.9. The Labute approximate surface area is 152 Å². The highest BCUT2D eigenvalue weighted by Gasteiger charge is 2.15. The monoisotopic (exact) mass is 350 g/mol. The van der Waals surface area contributed by atoms with E-state index >= 15 is 0 Å². The summed E-state index contributed by atoms with van der Waals surface area (Å²) < 4.78 is 7.29. The first kappa shape index (κ1) is 17.7. The Morgan fingerprint density at radius 3 is 2.58 bits per heavy atom. The Bertz CT molecular complexity index is 874. The molecule has 2 aromatic carbocycles. The van der Waals surface area contributed by atoms with E-state index in [4.69, 9.17) is 4.74 Å². The molecule has 0 fully saturated rings. The molecule has 134 valence electrons. The molecule has 3 rings (SSSR count). The van der Waals surface area contributed by atoms with Crippen molar-refractivity contribution in [3.05, 3.63) is 72.1 Å². The Balaban J connectivity index is 1.69. The Morgan fingerprint density at radius 1 is 1.08 bits per heavy atom. The van der Waals surface area contributed by atoms with Crippen molar-refractivity contribution in [2.24, 2.45) is 0 Å². The van der Waals surface area contributed by atoms with Crippen molar-refractivity contribution in [1.82, 2.24) is 20.3 Å². The van der Waals surface area contributed by atoms with Gasteiger partial charge in [-0.15, -0.1) is 5.10 Å². The molecule has 0 spiro atoms. The van der Waals surface area contributed by atoms with Gasteiger partial charge < -0.3 is 10.1 Å². The molecule has 1 unspecified atom stereocenters. The molecule has 0 saturated heterocycles. The number of benzene rings is 2. The fraction of sp³-hybridized carbons (Fsp3) is 0.250. The third-order valence-corrected chi connectivity index (χ3v) is 3.82. The maximum atomic E-state index is 12.5. The number of carbonyl (C=O) groups excluding carboxylic acids is 1. The van der Waals surface area contributed by atoms with Crippen molar-refractivity contribution in [2.75, 3.05) is 0 Å². The van der Waals surface area contributed by atoms with Crippen molar-refractivity contribution in [1.29, 1.82) is 0 Å². The molecule has 1 amide bonds. The first-order chi connectivity index (χ1) is 12.5. The first-order valence-corrected chi connectivity index (χ1v) is 8.58. The molecular formula is C20H22N4O2. The number of nitrogens with zero attached hydrogens (tertiary/aromatic N) is 3. The normalized spacial score (nSPS) is 12.0. The minimum Gasteiger partial charge on any atom is -0.491 e. The molecule has 0 aliphatic carbocycles. The van der Waals surface area contributed by atoms with Crippen LogP contribution in [0.4, 0.5) is 0 Å². The number of amides is 1. The van der Waals surface area contributed by atoms with Crippen LogP contribution in [-0.2, 0) is 0 Å². The van der Waals surface area contributed by atoms with E-state index in [1.165, 1.54) is 0 Å². The van der Waals surface area contributed by atoms with Crippen molar-refractivity contribution in [3.8, 4) is 11.4 Å². The van der Waals surface area contributed by atoms with E-state index in [1.54, 1.807) is 10.9 Å². The third kappa shape index (κ3) is 4.27. The van der Waals surface area contributed by atoms with E-state index in [1.807, 2.05) is 75.4 Å². The molecule has 6 heteroatoms. The predicted molar refractivity (Wildman–Crippen MR) is 99.4 cm³/mol. The second kappa shape index (κ2) is 7.82. The average Bonchev–Trinajstić information content (AvgIpc) is 3.12. The van der Waals surface area contributed by atoms with Crippen LogP contribution in [0.5, 0.6) is 5.75 Å². The molecule has 0 aliphatic rings. The van der Waals surface area contributed by atoms with E-state index in [0.29, 0.717) is 0 Å². The topological polar surface area (TPSA) is 69.0 Å². The number of para-hydroxylation sites is 1. The van der Waals surface area contributed by atoms with Crippen LogP contribution in [-0.4, -0.2) is 27.0 Å². The van der Waals surface area contributed by atoms with Gasteiger partial charge in [-0.2, -0.15) is 0 Å². The number of carbonyl (C=O) groups is 1.